The summed E-state index contributed by atoms with van der Waals surface area (Å²) in [4.78, 5) is 13.2. The van der Waals surface area contributed by atoms with Crippen LogP contribution >= 0.6 is 0 Å². The standard InChI is InChI=1S/C25H21FO4.H2/c26-21-7-5-16(20-4-2-1-3-17(20)14-27)11-18(21)12-24(28)25(9-10-25)19-6-8-22-23(13-19)30-15-29-22;/h1-8,11,13,27H,9-10,12,14-15H2;1H. The average molecular weight is 406 g/mol. The summed E-state index contributed by atoms with van der Waals surface area (Å²) in [5, 5.41) is 9.61. The number of aliphatic hydroxyl groups excluding tert-OH is 1. The zero-order valence-electron chi connectivity index (χ0n) is 16.4. The van der Waals surface area contributed by atoms with Gasteiger partial charge in [0.25, 0.3) is 0 Å². The maximum atomic E-state index is 14.6. The molecule has 30 heavy (non-hydrogen) atoms. The van der Waals surface area contributed by atoms with Crippen LogP contribution in [0.2, 0.25) is 0 Å². The number of benzene rings is 3. The minimum Gasteiger partial charge on any atom is -0.454 e. The van der Waals surface area contributed by atoms with Crippen LogP contribution < -0.4 is 9.47 Å². The van der Waals surface area contributed by atoms with E-state index in [9.17, 15) is 14.3 Å². The van der Waals surface area contributed by atoms with E-state index in [1.807, 2.05) is 42.5 Å². The molecule has 0 atom stereocenters. The summed E-state index contributed by atoms with van der Waals surface area (Å²) in [5.41, 5.74) is 3.09. The fraction of sp³-hybridized carbons (Fsp3) is 0.240. The Bertz CT molecular complexity index is 1140. The molecule has 0 amide bonds. The average Bonchev–Trinajstić information content (AvgIpc) is 3.46. The van der Waals surface area contributed by atoms with Gasteiger partial charge in [-0.2, -0.15) is 0 Å². The molecule has 5 heteroatoms. The first-order valence-corrected chi connectivity index (χ1v) is 10.0. The van der Waals surface area contributed by atoms with Crippen molar-refractivity contribution < 1.29 is 25.2 Å². The molecule has 1 heterocycles. The molecule has 0 bridgehead atoms. The maximum Gasteiger partial charge on any atom is 0.231 e. The highest BCUT2D eigenvalue weighted by Gasteiger charge is 2.51. The Morgan fingerprint density at radius 2 is 1.80 bits per heavy atom. The van der Waals surface area contributed by atoms with Crippen molar-refractivity contribution >= 4 is 5.78 Å². The second-order valence-electron chi connectivity index (χ2n) is 7.87. The van der Waals surface area contributed by atoms with E-state index in [-0.39, 0.29) is 27.0 Å². The van der Waals surface area contributed by atoms with E-state index in [2.05, 4.69) is 0 Å². The predicted octanol–water partition coefficient (Wildman–Crippen LogP) is 4.80. The van der Waals surface area contributed by atoms with Gasteiger partial charge in [0.1, 0.15) is 11.6 Å². The Kier molecular flexibility index (Phi) is 4.55. The number of ether oxygens (including phenoxy) is 2. The molecule has 1 N–H and O–H groups in total. The maximum absolute atomic E-state index is 14.6. The van der Waals surface area contributed by atoms with Crippen molar-refractivity contribution in [3.8, 4) is 22.6 Å². The van der Waals surface area contributed by atoms with Crippen molar-refractivity contribution in [1.29, 1.82) is 0 Å². The van der Waals surface area contributed by atoms with Gasteiger partial charge < -0.3 is 14.6 Å². The van der Waals surface area contributed by atoms with Crippen LogP contribution in [-0.4, -0.2) is 17.7 Å². The molecule has 3 aromatic rings. The van der Waals surface area contributed by atoms with Gasteiger partial charge in [-0.15, -0.1) is 0 Å². The number of carbonyl (C=O) groups excluding carboxylic acids is 1. The van der Waals surface area contributed by atoms with Gasteiger partial charge in [-0.3, -0.25) is 4.79 Å². The molecule has 1 aliphatic heterocycles. The van der Waals surface area contributed by atoms with E-state index in [0.29, 0.717) is 17.1 Å². The molecular formula is C25H23FO4. The second kappa shape index (κ2) is 7.26. The van der Waals surface area contributed by atoms with E-state index in [1.165, 1.54) is 6.07 Å². The number of aliphatic hydroxyl groups is 1. The topological polar surface area (TPSA) is 55.8 Å². The highest BCUT2D eigenvalue weighted by Crippen LogP contribution is 2.51. The second-order valence-corrected chi connectivity index (χ2v) is 7.87. The van der Waals surface area contributed by atoms with Gasteiger partial charge in [0.2, 0.25) is 6.79 Å². The van der Waals surface area contributed by atoms with Crippen molar-refractivity contribution in [3.05, 3.63) is 83.2 Å². The molecule has 2 aliphatic rings. The molecule has 154 valence electrons. The summed E-state index contributed by atoms with van der Waals surface area (Å²) >= 11 is 0. The molecular weight excluding hydrogens is 383 g/mol. The van der Waals surface area contributed by atoms with Gasteiger partial charge in [-0.05, 0) is 64.9 Å². The van der Waals surface area contributed by atoms with Gasteiger partial charge in [-0.1, -0.05) is 36.4 Å². The summed E-state index contributed by atoms with van der Waals surface area (Å²) < 4.78 is 25.4. The SMILES string of the molecule is O=C(Cc1cc(-c2ccccc2CO)ccc1F)C1(c2ccc3c(c2)OCO3)CC1.[HH]. The van der Waals surface area contributed by atoms with Gasteiger partial charge in [0.05, 0.1) is 12.0 Å². The third-order valence-electron chi connectivity index (χ3n) is 6.10. The van der Waals surface area contributed by atoms with E-state index in [4.69, 9.17) is 9.47 Å². The van der Waals surface area contributed by atoms with E-state index in [0.717, 1.165) is 35.1 Å². The van der Waals surface area contributed by atoms with E-state index in [1.54, 1.807) is 12.1 Å². The summed E-state index contributed by atoms with van der Waals surface area (Å²) in [6, 6.07) is 17.9. The minimum absolute atomic E-state index is 0. The largest absolute Gasteiger partial charge is 0.454 e. The van der Waals surface area contributed by atoms with E-state index < -0.39 is 11.2 Å². The van der Waals surface area contributed by atoms with Gasteiger partial charge in [-0.25, -0.2) is 4.39 Å². The number of hydrogen-bond donors (Lipinski definition) is 1. The molecule has 3 aromatic carbocycles. The number of halogens is 1. The number of hydrogen-bond acceptors (Lipinski definition) is 4. The monoisotopic (exact) mass is 406 g/mol. The Hall–Kier alpha value is -3.18. The van der Waals surface area contributed by atoms with Crippen LogP contribution in [0.15, 0.2) is 60.7 Å². The van der Waals surface area contributed by atoms with Crippen molar-refractivity contribution in [2.24, 2.45) is 0 Å². The lowest BCUT2D eigenvalue weighted by Crippen LogP contribution is -2.23. The van der Waals surface area contributed by atoms with Gasteiger partial charge in [0, 0.05) is 7.85 Å². The zero-order valence-corrected chi connectivity index (χ0v) is 16.4. The van der Waals surface area contributed by atoms with Crippen molar-refractivity contribution in [2.45, 2.75) is 31.3 Å². The lowest BCUT2D eigenvalue weighted by Gasteiger charge is -2.16. The van der Waals surface area contributed by atoms with Crippen molar-refractivity contribution in [3.63, 3.8) is 0 Å². The van der Waals surface area contributed by atoms with Crippen LogP contribution in [0, 0.1) is 5.82 Å². The molecule has 0 radical (unpaired) electrons. The number of carbonyl (C=O) groups is 1. The predicted molar refractivity (Wildman–Crippen MR) is 112 cm³/mol. The smallest absolute Gasteiger partial charge is 0.231 e. The van der Waals surface area contributed by atoms with Crippen molar-refractivity contribution in [2.75, 3.05) is 6.79 Å². The summed E-state index contributed by atoms with van der Waals surface area (Å²) in [6.07, 6.45) is 1.52. The highest BCUT2D eigenvalue weighted by atomic mass is 19.1. The summed E-state index contributed by atoms with van der Waals surface area (Å²) in [5.74, 6) is 0.951. The van der Waals surface area contributed by atoms with Crippen LogP contribution in [0.25, 0.3) is 11.1 Å². The first kappa shape index (κ1) is 18.8. The van der Waals surface area contributed by atoms with Crippen molar-refractivity contribution in [1.82, 2.24) is 0 Å². The number of ketones is 1. The van der Waals surface area contributed by atoms with Gasteiger partial charge >= 0.3 is 0 Å². The zero-order chi connectivity index (χ0) is 20.7. The molecule has 0 aromatic heterocycles. The summed E-state index contributed by atoms with van der Waals surface area (Å²) in [7, 11) is 0. The first-order valence-electron chi connectivity index (χ1n) is 10.0. The molecule has 0 saturated heterocycles. The third-order valence-corrected chi connectivity index (χ3v) is 6.10. The van der Waals surface area contributed by atoms with Crippen LogP contribution in [0.3, 0.4) is 0 Å². The normalized spacial score (nSPS) is 15.8. The Morgan fingerprint density at radius 3 is 2.60 bits per heavy atom. The minimum atomic E-state index is -0.577. The Morgan fingerprint density at radius 1 is 1.00 bits per heavy atom. The van der Waals surface area contributed by atoms with Crippen LogP contribution in [0.4, 0.5) is 4.39 Å². The Labute approximate surface area is 175 Å². The van der Waals surface area contributed by atoms with Gasteiger partial charge in [0.15, 0.2) is 11.5 Å². The fourth-order valence-electron chi connectivity index (χ4n) is 4.21. The number of rotatable bonds is 6. The Balaban J connectivity index is 0.00000231. The molecule has 0 spiro atoms. The molecule has 4 nitrogen and oxygen atoms in total. The highest BCUT2D eigenvalue weighted by molar-refractivity contribution is 5.95. The van der Waals surface area contributed by atoms with Crippen LogP contribution in [0.1, 0.15) is 31.0 Å². The van der Waals surface area contributed by atoms with E-state index >= 15 is 0 Å². The third kappa shape index (κ3) is 3.15. The molecule has 1 fully saturated rings. The lowest BCUT2D eigenvalue weighted by molar-refractivity contribution is -0.120. The van der Waals surface area contributed by atoms with Crippen LogP contribution in [-0.2, 0) is 23.2 Å². The number of fused-ring (bicyclic) bond motifs is 1. The lowest BCUT2D eigenvalue weighted by atomic mass is 9.87. The number of Topliss-reactive ketones (excluding diaryl/α,β-unsaturated/α-hetero) is 1. The van der Waals surface area contributed by atoms with Crippen LogP contribution in [0.5, 0.6) is 11.5 Å². The molecule has 0 unspecified atom stereocenters. The molecule has 1 aliphatic carbocycles. The molecule has 5 rings (SSSR count). The molecule has 1 saturated carbocycles. The quantitative estimate of drug-likeness (QED) is 0.639. The first-order chi connectivity index (χ1) is 14.6. The fourth-order valence-corrected chi connectivity index (χ4v) is 4.21. The summed E-state index contributed by atoms with van der Waals surface area (Å²) in [6.45, 7) is 0.0854.